The molecule has 1 aromatic carbocycles. The van der Waals surface area contributed by atoms with Crippen molar-refractivity contribution in [1.29, 1.82) is 0 Å². The van der Waals surface area contributed by atoms with Crippen molar-refractivity contribution < 1.29 is 19.4 Å². The molecule has 0 unspecified atom stereocenters. The molecule has 2 bridgehead atoms. The van der Waals surface area contributed by atoms with E-state index in [-0.39, 0.29) is 18.6 Å². The first kappa shape index (κ1) is 21.0. The van der Waals surface area contributed by atoms with Crippen LogP contribution in [0.4, 0.5) is 4.79 Å². The lowest BCUT2D eigenvalue weighted by molar-refractivity contribution is -0.124. The van der Waals surface area contributed by atoms with Crippen LogP contribution in [-0.4, -0.2) is 46.5 Å². The maximum atomic E-state index is 12.5. The van der Waals surface area contributed by atoms with Crippen molar-refractivity contribution in [3.05, 3.63) is 42.7 Å². The topological polar surface area (TPSA) is 101 Å². The van der Waals surface area contributed by atoms with E-state index in [0.29, 0.717) is 12.2 Å². The van der Waals surface area contributed by atoms with Crippen LogP contribution in [0.2, 0.25) is 0 Å². The molecular formula is C21H25N3O4S. The molecule has 8 heteroatoms. The van der Waals surface area contributed by atoms with Crippen molar-refractivity contribution in [2.45, 2.75) is 43.2 Å². The quantitative estimate of drug-likeness (QED) is 0.659. The lowest BCUT2D eigenvalue weighted by atomic mass is 10.1. The van der Waals surface area contributed by atoms with E-state index < -0.39 is 12.1 Å². The Labute approximate surface area is 174 Å². The number of amides is 2. The summed E-state index contributed by atoms with van der Waals surface area (Å²) in [4.78, 5) is 29.0. The summed E-state index contributed by atoms with van der Waals surface area (Å²) in [5.41, 5.74) is 1.93. The Morgan fingerprint density at radius 2 is 2.14 bits per heavy atom. The molecule has 29 heavy (non-hydrogen) atoms. The van der Waals surface area contributed by atoms with Crippen LogP contribution in [0.25, 0.3) is 11.1 Å². The fourth-order valence-corrected chi connectivity index (χ4v) is 4.06. The van der Waals surface area contributed by atoms with Gasteiger partial charge < -0.3 is 20.5 Å². The van der Waals surface area contributed by atoms with Crippen LogP contribution in [0, 0.1) is 0 Å². The van der Waals surface area contributed by atoms with E-state index in [9.17, 15) is 9.59 Å². The number of nitrogens with one attached hydrogen (secondary N) is 2. The van der Waals surface area contributed by atoms with Crippen molar-refractivity contribution in [2.75, 3.05) is 12.4 Å². The SMILES string of the molecule is C[C@@H]1COc2ccccc2-c2cncc(c2)SCCCC[C@H](NC(=O)O)C(=O)N1. The van der Waals surface area contributed by atoms with Crippen molar-refractivity contribution in [3.8, 4) is 16.9 Å². The zero-order valence-electron chi connectivity index (χ0n) is 16.3. The van der Waals surface area contributed by atoms with Crippen LogP contribution in [0.1, 0.15) is 26.2 Å². The lowest BCUT2D eigenvalue weighted by Crippen LogP contribution is -2.49. The van der Waals surface area contributed by atoms with Gasteiger partial charge in [0.05, 0.1) is 6.04 Å². The van der Waals surface area contributed by atoms with Gasteiger partial charge in [0, 0.05) is 28.4 Å². The third-order valence-electron chi connectivity index (χ3n) is 4.56. The Bertz CT molecular complexity index is 861. The van der Waals surface area contributed by atoms with Crippen LogP contribution < -0.4 is 15.4 Å². The highest BCUT2D eigenvalue weighted by atomic mass is 32.2. The summed E-state index contributed by atoms with van der Waals surface area (Å²) >= 11 is 1.70. The second-order valence-corrected chi connectivity index (χ2v) is 8.14. The molecule has 2 aromatic rings. The molecule has 154 valence electrons. The first-order chi connectivity index (χ1) is 14.0. The average Bonchev–Trinajstić information content (AvgIpc) is 2.70. The largest absolute Gasteiger partial charge is 0.491 e. The number of para-hydroxylation sites is 1. The van der Waals surface area contributed by atoms with Gasteiger partial charge in [0.25, 0.3) is 0 Å². The van der Waals surface area contributed by atoms with Gasteiger partial charge in [-0.05, 0) is 37.7 Å². The standard InChI is InChI=1S/C21H25N3O4S/c1-14-13-28-19-8-3-2-6-17(19)15-10-16(12-22-11-15)29-9-5-4-7-18(20(25)23-14)24-21(26)27/h2-3,6,8,10-12,14,18,24H,4-5,7,9,13H2,1H3,(H,23,25)(H,26,27)/t14-,18+/m1/s1. The molecule has 0 fully saturated rings. The summed E-state index contributed by atoms with van der Waals surface area (Å²) in [6.45, 7) is 2.10. The number of hydrogen-bond acceptors (Lipinski definition) is 5. The van der Waals surface area contributed by atoms with Crippen LogP contribution in [-0.2, 0) is 4.79 Å². The number of carbonyl (C=O) groups is 2. The van der Waals surface area contributed by atoms with E-state index in [1.54, 1.807) is 11.8 Å². The van der Waals surface area contributed by atoms with E-state index in [2.05, 4.69) is 21.7 Å². The molecule has 3 rings (SSSR count). The van der Waals surface area contributed by atoms with Gasteiger partial charge >= 0.3 is 6.09 Å². The monoisotopic (exact) mass is 415 g/mol. The van der Waals surface area contributed by atoms with Gasteiger partial charge in [0.1, 0.15) is 18.4 Å². The molecule has 2 atom stereocenters. The molecule has 2 amide bonds. The fourth-order valence-electron chi connectivity index (χ4n) is 3.13. The molecule has 1 aliphatic rings. The number of hydrogen-bond donors (Lipinski definition) is 3. The van der Waals surface area contributed by atoms with E-state index in [1.807, 2.05) is 43.6 Å². The summed E-state index contributed by atoms with van der Waals surface area (Å²) < 4.78 is 5.98. The minimum absolute atomic E-state index is 0.268. The van der Waals surface area contributed by atoms with Crippen molar-refractivity contribution in [3.63, 3.8) is 0 Å². The molecule has 0 spiro atoms. The van der Waals surface area contributed by atoms with E-state index in [4.69, 9.17) is 9.84 Å². The number of nitrogens with zero attached hydrogens (tertiary/aromatic N) is 1. The molecular weight excluding hydrogens is 390 g/mol. The van der Waals surface area contributed by atoms with Crippen LogP contribution in [0.15, 0.2) is 47.6 Å². The second-order valence-electron chi connectivity index (χ2n) is 6.97. The molecule has 0 radical (unpaired) electrons. The number of fused-ring (bicyclic) bond motifs is 4. The molecule has 0 saturated carbocycles. The van der Waals surface area contributed by atoms with Gasteiger partial charge in [-0.25, -0.2) is 4.79 Å². The van der Waals surface area contributed by atoms with Gasteiger partial charge in [-0.2, -0.15) is 0 Å². The number of carboxylic acid groups (broad SMARTS) is 1. The lowest BCUT2D eigenvalue weighted by Gasteiger charge is -2.21. The summed E-state index contributed by atoms with van der Waals surface area (Å²) in [6, 6.07) is 8.78. The van der Waals surface area contributed by atoms with Gasteiger partial charge in [-0.3, -0.25) is 9.78 Å². The molecule has 0 saturated heterocycles. The molecule has 2 heterocycles. The van der Waals surface area contributed by atoms with Gasteiger partial charge in [-0.15, -0.1) is 11.8 Å². The number of pyridine rings is 1. The van der Waals surface area contributed by atoms with Crippen LogP contribution >= 0.6 is 11.8 Å². The highest BCUT2D eigenvalue weighted by Crippen LogP contribution is 2.32. The highest BCUT2D eigenvalue weighted by molar-refractivity contribution is 7.99. The Hall–Kier alpha value is -2.74. The van der Waals surface area contributed by atoms with Crippen LogP contribution in [0.3, 0.4) is 0 Å². The Kier molecular flexibility index (Phi) is 7.35. The maximum absolute atomic E-state index is 12.5. The second kappa shape index (κ2) is 10.2. The summed E-state index contributed by atoms with van der Waals surface area (Å²) in [7, 11) is 0. The Morgan fingerprint density at radius 3 is 2.97 bits per heavy atom. The third-order valence-corrected chi connectivity index (χ3v) is 5.61. The number of ether oxygens (including phenoxy) is 1. The number of benzene rings is 1. The zero-order valence-corrected chi connectivity index (χ0v) is 17.1. The van der Waals surface area contributed by atoms with E-state index >= 15 is 0 Å². The number of aromatic nitrogens is 1. The van der Waals surface area contributed by atoms with Gasteiger partial charge in [0.2, 0.25) is 5.91 Å². The Balaban J connectivity index is 1.83. The summed E-state index contributed by atoms with van der Waals surface area (Å²) in [5.74, 6) is 1.25. The van der Waals surface area contributed by atoms with E-state index in [1.165, 1.54) is 0 Å². The molecule has 0 aliphatic carbocycles. The normalized spacial score (nSPS) is 20.7. The Morgan fingerprint density at radius 1 is 1.31 bits per heavy atom. The average molecular weight is 416 g/mol. The van der Waals surface area contributed by atoms with Crippen LogP contribution in [0.5, 0.6) is 5.75 Å². The minimum atomic E-state index is -1.20. The molecule has 7 nitrogen and oxygen atoms in total. The number of rotatable bonds is 1. The predicted octanol–water partition coefficient (Wildman–Crippen LogP) is 3.54. The smallest absolute Gasteiger partial charge is 0.405 e. The zero-order chi connectivity index (χ0) is 20.6. The van der Waals surface area contributed by atoms with E-state index in [0.717, 1.165) is 34.6 Å². The summed E-state index contributed by atoms with van der Waals surface area (Å²) in [5, 5.41) is 14.2. The van der Waals surface area contributed by atoms with Crippen molar-refractivity contribution in [1.82, 2.24) is 15.6 Å². The van der Waals surface area contributed by atoms with Crippen molar-refractivity contribution >= 4 is 23.8 Å². The fraction of sp³-hybridized carbons (Fsp3) is 0.381. The molecule has 1 aromatic heterocycles. The number of carbonyl (C=O) groups excluding carboxylic acids is 1. The summed E-state index contributed by atoms with van der Waals surface area (Å²) in [6.07, 6.45) is 4.53. The van der Waals surface area contributed by atoms with Gasteiger partial charge in [0.15, 0.2) is 0 Å². The van der Waals surface area contributed by atoms with Gasteiger partial charge in [-0.1, -0.05) is 24.6 Å². The first-order valence-corrected chi connectivity index (χ1v) is 10.6. The highest BCUT2D eigenvalue weighted by Gasteiger charge is 2.22. The minimum Gasteiger partial charge on any atom is -0.491 e. The molecule has 1 aliphatic heterocycles. The predicted molar refractivity (Wildman–Crippen MR) is 112 cm³/mol. The third kappa shape index (κ3) is 6.12. The molecule has 3 N–H and O–H groups in total. The maximum Gasteiger partial charge on any atom is 0.405 e. The van der Waals surface area contributed by atoms with Crippen molar-refractivity contribution in [2.24, 2.45) is 0 Å². The number of thioether (sulfide) groups is 1. The first-order valence-electron chi connectivity index (χ1n) is 9.63.